The zero-order valence-electron chi connectivity index (χ0n) is 3.52. The minimum Gasteiger partial charge on any atom is -0.618 e. The van der Waals surface area contributed by atoms with Crippen molar-refractivity contribution in [2.45, 2.75) is 6.92 Å². The second kappa shape index (κ2) is 3.31. The van der Waals surface area contributed by atoms with Crippen molar-refractivity contribution in [1.29, 1.82) is 1.12 Å². The monoisotopic (exact) mass is 79.0 g/mol. The van der Waals surface area contributed by atoms with Gasteiger partial charge in [0.25, 0.3) is 0 Å². The van der Waals surface area contributed by atoms with Crippen LogP contribution in [0.15, 0.2) is 0 Å². The molecule has 26 valence electrons. The van der Waals surface area contributed by atoms with Crippen LogP contribution in [0.5, 0.6) is 0 Å². The van der Waals surface area contributed by atoms with Gasteiger partial charge in [0, 0.05) is 0 Å². The lowest BCUT2D eigenvalue weighted by atomic mass is 11.0. The van der Waals surface area contributed by atoms with E-state index in [9.17, 15) is 4.55 Å². The Morgan fingerprint density at radius 3 is 2.75 bits per heavy atom. The summed E-state index contributed by atoms with van der Waals surface area (Å²) in [6, 6.07) is 0. The smallest absolute Gasteiger partial charge is 0.356 e. The molecule has 0 N–H and O–H groups in total. The van der Waals surface area contributed by atoms with E-state index in [1.165, 1.54) is 0 Å². The van der Waals surface area contributed by atoms with E-state index in [0.717, 1.165) is 0 Å². The summed E-state index contributed by atoms with van der Waals surface area (Å²) in [6.45, 7) is 1.71. The Balaban J connectivity index is 2.54. The first-order chi connectivity index (χ1) is 2.27. The van der Waals surface area contributed by atoms with Gasteiger partial charge in [-0.05, 0) is 6.92 Å². The molecule has 0 aliphatic rings. The van der Waals surface area contributed by atoms with Crippen molar-refractivity contribution in [3.63, 3.8) is 0 Å². The van der Waals surface area contributed by atoms with Gasteiger partial charge in [-0.3, -0.25) is 0 Å². The summed E-state index contributed by atoms with van der Waals surface area (Å²) >= 11 is -1.32. The molecule has 0 aromatic rings. The first kappa shape index (κ1) is 2.54. The van der Waals surface area contributed by atoms with E-state index < -0.39 is 11.9 Å². The van der Waals surface area contributed by atoms with Crippen LogP contribution in [-0.4, -0.2) is 11.4 Å². The summed E-state index contributed by atoms with van der Waals surface area (Å²) < 4.78 is 15.9. The summed E-state index contributed by atoms with van der Waals surface area (Å²) in [6.07, 6.45) is 0. The van der Waals surface area contributed by atoms with Crippen LogP contribution in [0.4, 0.5) is 0 Å². The van der Waals surface area contributed by atoms with Gasteiger partial charge in [-0.25, -0.2) is 0 Å². The predicted molar refractivity (Wildman–Crippen MR) is 20.1 cm³/mol. The van der Waals surface area contributed by atoms with Crippen LogP contribution in [0, 0.1) is 0 Å². The maximum atomic E-state index is 9.59. The van der Waals surface area contributed by atoms with E-state index in [0.29, 0.717) is 5.75 Å². The van der Waals surface area contributed by atoms with Crippen molar-refractivity contribution >= 4 is 11.9 Å². The molecule has 0 aliphatic heterocycles. The maximum Gasteiger partial charge on any atom is 0.356 e. The summed E-state index contributed by atoms with van der Waals surface area (Å²) in [5.41, 5.74) is 0. The molecule has 1 atom stereocenters. The lowest BCUT2D eigenvalue weighted by Crippen LogP contribution is -1.73. The van der Waals surface area contributed by atoms with Gasteiger partial charge in [0.05, 0.1) is 5.75 Å². The molecule has 1 nitrogen and oxygen atoms in total. The molecule has 0 aromatic carbocycles. The Morgan fingerprint density at radius 2 is 2.75 bits per heavy atom. The third kappa shape index (κ3) is 2.31. The zero-order valence-corrected chi connectivity index (χ0v) is 3.34. The quantitative estimate of drug-likeness (QED) is 0.319. The number of hydrogen-bond acceptors (Lipinski definition) is 1. The number of thiol groups is 1. The van der Waals surface area contributed by atoms with Gasteiger partial charge in [0.15, 0.2) is 0 Å². The summed E-state index contributed by atoms with van der Waals surface area (Å²) in [4.78, 5) is 0. The highest BCUT2D eigenvalue weighted by atomic mass is 32.2. The van der Waals surface area contributed by atoms with Gasteiger partial charge < -0.3 is 4.55 Å². The Morgan fingerprint density at radius 1 is 2.50 bits per heavy atom. The molecule has 0 rings (SSSR count). The predicted octanol–water partition coefficient (Wildman–Crippen LogP) is -0.0484. The summed E-state index contributed by atoms with van der Waals surface area (Å²) in [5, 5.41) is 0. The molecule has 2 heteroatoms. The van der Waals surface area contributed by atoms with Crippen molar-refractivity contribution in [2.24, 2.45) is 0 Å². The molecular formula is C2H6OS. The molecule has 0 spiro atoms. The third-order valence-corrected chi connectivity index (χ3v) is 0.354. The average Bonchev–Trinajstić information content (AvgIpc) is 1.38. The zero-order chi connectivity index (χ0) is 4.28. The fourth-order valence-electron chi connectivity index (χ4n) is 0. The summed E-state index contributed by atoms with van der Waals surface area (Å²) in [5.74, 6) is 0.444. The van der Waals surface area contributed by atoms with Gasteiger partial charge in [-0.1, -0.05) is 11.9 Å². The fourth-order valence-corrected chi connectivity index (χ4v) is 0. The Hall–Kier alpha value is 0.310. The van der Waals surface area contributed by atoms with Crippen LogP contribution in [0.25, 0.3) is 0 Å². The van der Waals surface area contributed by atoms with Crippen molar-refractivity contribution in [1.82, 2.24) is 0 Å². The molecular weight excluding hydrogens is 72.1 g/mol. The van der Waals surface area contributed by atoms with E-state index in [2.05, 4.69) is 0 Å². The maximum absolute atomic E-state index is 9.59. The van der Waals surface area contributed by atoms with Crippen LogP contribution >= 0.6 is 0 Å². The van der Waals surface area contributed by atoms with E-state index in [4.69, 9.17) is 1.12 Å². The molecule has 0 heterocycles. The first-order valence-corrected chi connectivity index (χ1v) is 2.07. The van der Waals surface area contributed by atoms with Crippen LogP contribution in [-0.2, 0) is 11.9 Å². The van der Waals surface area contributed by atoms with Gasteiger partial charge in [-0.2, -0.15) is 0 Å². The van der Waals surface area contributed by atoms with E-state index in [1.54, 1.807) is 6.92 Å². The molecule has 0 fully saturated rings. The minimum atomic E-state index is -1.32. The number of hydrogen-bond donors (Lipinski definition) is 0. The lowest BCUT2D eigenvalue weighted by Gasteiger charge is -1.75. The minimum absolute atomic E-state index is 0.444. The Labute approximate surface area is 31.3 Å². The Bertz CT molecular complexity index is 23.6. The molecule has 1 unspecified atom stereocenters. The third-order valence-electron chi connectivity index (χ3n) is 0.118. The first-order valence-electron chi connectivity index (χ1n) is 1.57. The SMILES string of the molecule is [2H][S+]([O-])CC. The standard InChI is InChI=1S/C2H6OS/c1-2-4-3/h4H,2H2,1H3/i4D. The van der Waals surface area contributed by atoms with E-state index in [1.807, 2.05) is 0 Å². The van der Waals surface area contributed by atoms with E-state index >= 15 is 0 Å². The molecule has 0 saturated heterocycles. The molecule has 0 bridgehead atoms. The second-order valence-corrected chi connectivity index (χ2v) is 1.22. The van der Waals surface area contributed by atoms with Gasteiger partial charge in [-0.15, -0.1) is 0 Å². The van der Waals surface area contributed by atoms with Crippen molar-refractivity contribution in [2.75, 3.05) is 5.75 Å². The topological polar surface area (TPSA) is 23.1 Å². The van der Waals surface area contributed by atoms with Crippen molar-refractivity contribution in [3.8, 4) is 0 Å². The molecule has 0 aromatic heterocycles. The van der Waals surface area contributed by atoms with Crippen LogP contribution < -0.4 is 0 Å². The summed E-state index contributed by atoms with van der Waals surface area (Å²) in [7, 11) is 0. The molecule has 0 saturated carbocycles. The molecule has 4 heavy (non-hydrogen) atoms. The largest absolute Gasteiger partial charge is 0.618 e. The van der Waals surface area contributed by atoms with Crippen LogP contribution in [0.2, 0.25) is 0 Å². The van der Waals surface area contributed by atoms with E-state index in [-0.39, 0.29) is 0 Å². The second-order valence-electron chi connectivity index (χ2n) is 0.407. The number of rotatable bonds is 1. The molecule has 0 aliphatic carbocycles. The molecule has 0 radical (unpaired) electrons. The van der Waals surface area contributed by atoms with Gasteiger partial charge >= 0.3 is 1.12 Å². The van der Waals surface area contributed by atoms with Gasteiger partial charge in [0.2, 0.25) is 0 Å². The van der Waals surface area contributed by atoms with Gasteiger partial charge in [0.1, 0.15) is 0 Å². The van der Waals surface area contributed by atoms with Crippen molar-refractivity contribution < 1.29 is 4.55 Å². The average molecular weight is 79.1 g/mol. The Kier molecular flexibility index (Phi) is 2.10. The highest BCUT2D eigenvalue weighted by Crippen LogP contribution is 1.53. The van der Waals surface area contributed by atoms with Crippen LogP contribution in [0.3, 0.4) is 0 Å². The highest BCUT2D eigenvalue weighted by Gasteiger charge is 1.57. The van der Waals surface area contributed by atoms with Crippen molar-refractivity contribution in [3.05, 3.63) is 0 Å². The fraction of sp³-hybridized carbons (Fsp3) is 1.00. The lowest BCUT2D eigenvalue weighted by molar-refractivity contribution is 0.614. The normalized spacial score (nSPS) is 19.0. The van der Waals surface area contributed by atoms with Crippen LogP contribution in [0.1, 0.15) is 6.92 Å². The highest BCUT2D eigenvalue weighted by molar-refractivity contribution is 7.72. The molecule has 0 amide bonds.